The van der Waals surface area contributed by atoms with Crippen molar-refractivity contribution in [1.29, 1.82) is 0 Å². The van der Waals surface area contributed by atoms with Gasteiger partial charge in [-0.05, 0) is 37.0 Å². The molecule has 5 heteroatoms. The number of primary amides is 1. The number of halogens is 1. The molecule has 0 bridgehead atoms. The third-order valence-corrected chi connectivity index (χ3v) is 3.80. The summed E-state index contributed by atoms with van der Waals surface area (Å²) in [7, 11) is 0. The van der Waals surface area contributed by atoms with E-state index < -0.39 is 5.91 Å². The Morgan fingerprint density at radius 1 is 1.55 bits per heavy atom. The zero-order chi connectivity index (χ0) is 14.5. The van der Waals surface area contributed by atoms with Gasteiger partial charge in [-0.1, -0.05) is 6.92 Å². The molecule has 0 radical (unpaired) electrons. The lowest BCUT2D eigenvalue weighted by molar-refractivity contribution is 0.0872. The summed E-state index contributed by atoms with van der Waals surface area (Å²) in [5, 5.41) is 3.24. The standard InChI is InChI=1S/C15H21FN2O2/c1-2-14-11(5-6-20-14)8-18-9-12-7-10(15(17)19)3-4-13(12)16/h3-4,7,11,14,18H,2,5-6,8-9H2,1H3,(H2,17,19). The third kappa shape index (κ3) is 3.55. The average molecular weight is 280 g/mol. The van der Waals surface area contributed by atoms with E-state index in [0.29, 0.717) is 29.7 Å². The van der Waals surface area contributed by atoms with Crippen LogP contribution in [0.2, 0.25) is 0 Å². The lowest BCUT2D eigenvalue weighted by Crippen LogP contribution is -2.28. The molecule has 1 aromatic rings. The van der Waals surface area contributed by atoms with Gasteiger partial charge in [-0.15, -0.1) is 0 Å². The van der Waals surface area contributed by atoms with Gasteiger partial charge in [-0.25, -0.2) is 4.39 Å². The summed E-state index contributed by atoms with van der Waals surface area (Å²) >= 11 is 0. The number of nitrogens with one attached hydrogen (secondary N) is 1. The lowest BCUT2D eigenvalue weighted by atomic mass is 9.99. The van der Waals surface area contributed by atoms with E-state index in [0.717, 1.165) is 26.0 Å². The maximum absolute atomic E-state index is 13.7. The average Bonchev–Trinajstić information content (AvgIpc) is 2.88. The molecule has 20 heavy (non-hydrogen) atoms. The van der Waals surface area contributed by atoms with Crippen LogP contribution in [0.3, 0.4) is 0 Å². The van der Waals surface area contributed by atoms with Crippen LogP contribution in [0.1, 0.15) is 35.7 Å². The van der Waals surface area contributed by atoms with Gasteiger partial charge in [0.1, 0.15) is 5.82 Å². The van der Waals surface area contributed by atoms with Crippen LogP contribution in [0.5, 0.6) is 0 Å². The highest BCUT2D eigenvalue weighted by molar-refractivity contribution is 5.92. The van der Waals surface area contributed by atoms with Crippen molar-refractivity contribution in [1.82, 2.24) is 5.32 Å². The predicted molar refractivity (Wildman–Crippen MR) is 74.8 cm³/mol. The molecule has 4 nitrogen and oxygen atoms in total. The molecule has 110 valence electrons. The number of carbonyl (C=O) groups excluding carboxylic acids is 1. The van der Waals surface area contributed by atoms with Crippen LogP contribution < -0.4 is 11.1 Å². The van der Waals surface area contributed by atoms with E-state index in [1.54, 1.807) is 0 Å². The molecule has 0 saturated carbocycles. The molecule has 1 aliphatic heterocycles. The molecule has 1 aliphatic rings. The van der Waals surface area contributed by atoms with Crippen LogP contribution in [0.4, 0.5) is 4.39 Å². The smallest absolute Gasteiger partial charge is 0.248 e. The van der Waals surface area contributed by atoms with Gasteiger partial charge in [-0.2, -0.15) is 0 Å². The molecule has 1 saturated heterocycles. The van der Waals surface area contributed by atoms with E-state index >= 15 is 0 Å². The fourth-order valence-corrected chi connectivity index (χ4v) is 2.63. The van der Waals surface area contributed by atoms with Crippen molar-refractivity contribution in [3.63, 3.8) is 0 Å². The highest BCUT2D eigenvalue weighted by atomic mass is 19.1. The number of rotatable bonds is 6. The first-order valence-corrected chi connectivity index (χ1v) is 7.02. The van der Waals surface area contributed by atoms with Crippen LogP contribution in [-0.2, 0) is 11.3 Å². The van der Waals surface area contributed by atoms with Crippen molar-refractivity contribution < 1.29 is 13.9 Å². The van der Waals surface area contributed by atoms with Gasteiger partial charge in [0.15, 0.2) is 0 Å². The summed E-state index contributed by atoms with van der Waals surface area (Å²) in [5.74, 6) is -0.388. The number of ether oxygens (including phenoxy) is 1. The Morgan fingerprint density at radius 3 is 3.05 bits per heavy atom. The van der Waals surface area contributed by atoms with Gasteiger partial charge in [0.25, 0.3) is 0 Å². The molecular weight excluding hydrogens is 259 g/mol. The van der Waals surface area contributed by atoms with Crippen LogP contribution >= 0.6 is 0 Å². The van der Waals surface area contributed by atoms with E-state index in [2.05, 4.69) is 12.2 Å². The minimum Gasteiger partial charge on any atom is -0.378 e. The molecule has 1 fully saturated rings. The summed E-state index contributed by atoms with van der Waals surface area (Å²) in [5.41, 5.74) is 6.00. The first kappa shape index (κ1) is 14.9. The normalized spacial score (nSPS) is 22.1. The summed E-state index contributed by atoms with van der Waals surface area (Å²) in [4.78, 5) is 11.1. The van der Waals surface area contributed by atoms with Crippen LogP contribution in [0.25, 0.3) is 0 Å². The summed E-state index contributed by atoms with van der Waals surface area (Å²) in [6.45, 7) is 4.09. The Morgan fingerprint density at radius 2 is 2.35 bits per heavy atom. The van der Waals surface area contributed by atoms with Gasteiger partial charge < -0.3 is 15.8 Å². The number of hydrogen-bond donors (Lipinski definition) is 2. The predicted octanol–water partition coefficient (Wildman–Crippen LogP) is 1.83. The molecule has 0 aromatic heterocycles. The first-order chi connectivity index (χ1) is 9.61. The molecule has 2 atom stereocenters. The second kappa shape index (κ2) is 6.81. The van der Waals surface area contributed by atoms with Gasteiger partial charge in [0.2, 0.25) is 5.91 Å². The Balaban J connectivity index is 1.90. The summed E-state index contributed by atoms with van der Waals surface area (Å²) < 4.78 is 19.3. The van der Waals surface area contributed by atoms with Crippen molar-refractivity contribution in [3.8, 4) is 0 Å². The first-order valence-electron chi connectivity index (χ1n) is 7.02. The van der Waals surface area contributed by atoms with Gasteiger partial charge >= 0.3 is 0 Å². The second-order valence-corrected chi connectivity index (χ2v) is 5.17. The van der Waals surface area contributed by atoms with E-state index in [1.807, 2.05) is 0 Å². The maximum Gasteiger partial charge on any atom is 0.248 e. The third-order valence-electron chi connectivity index (χ3n) is 3.80. The number of nitrogens with two attached hydrogens (primary N) is 1. The van der Waals surface area contributed by atoms with E-state index in [9.17, 15) is 9.18 Å². The Hall–Kier alpha value is -1.46. The van der Waals surface area contributed by atoms with E-state index in [1.165, 1.54) is 18.2 Å². The van der Waals surface area contributed by atoms with Crippen molar-refractivity contribution in [2.24, 2.45) is 11.7 Å². The SMILES string of the molecule is CCC1OCCC1CNCc1cc(C(N)=O)ccc1F. The number of benzene rings is 1. The maximum atomic E-state index is 13.7. The summed E-state index contributed by atoms with van der Waals surface area (Å²) in [6, 6.07) is 4.19. The highest BCUT2D eigenvalue weighted by Gasteiger charge is 2.26. The van der Waals surface area contributed by atoms with Gasteiger partial charge in [0.05, 0.1) is 6.10 Å². The van der Waals surface area contributed by atoms with Crippen LogP contribution in [0, 0.1) is 11.7 Å². The van der Waals surface area contributed by atoms with Crippen molar-refractivity contribution in [2.75, 3.05) is 13.2 Å². The van der Waals surface area contributed by atoms with Crippen LogP contribution in [0.15, 0.2) is 18.2 Å². The van der Waals surface area contributed by atoms with E-state index in [-0.39, 0.29) is 5.82 Å². The highest BCUT2D eigenvalue weighted by Crippen LogP contribution is 2.22. The van der Waals surface area contributed by atoms with Gasteiger partial charge in [-0.3, -0.25) is 4.79 Å². The number of carbonyl (C=O) groups is 1. The lowest BCUT2D eigenvalue weighted by Gasteiger charge is -2.17. The Bertz CT molecular complexity index is 479. The van der Waals surface area contributed by atoms with Crippen molar-refractivity contribution >= 4 is 5.91 Å². The quantitative estimate of drug-likeness (QED) is 0.835. The zero-order valence-electron chi connectivity index (χ0n) is 11.7. The molecule has 0 spiro atoms. The topological polar surface area (TPSA) is 64.3 Å². The molecular formula is C15H21FN2O2. The largest absolute Gasteiger partial charge is 0.378 e. The minimum absolute atomic E-state index is 0.296. The molecule has 2 unspecified atom stereocenters. The van der Waals surface area contributed by atoms with E-state index in [4.69, 9.17) is 10.5 Å². The van der Waals surface area contributed by atoms with Gasteiger partial charge in [0, 0.05) is 30.8 Å². The molecule has 1 heterocycles. The molecule has 3 N–H and O–H groups in total. The number of amides is 1. The molecule has 2 rings (SSSR count). The summed E-state index contributed by atoms with van der Waals surface area (Å²) in [6.07, 6.45) is 2.33. The molecule has 1 amide bonds. The molecule has 0 aliphatic carbocycles. The zero-order valence-corrected chi connectivity index (χ0v) is 11.7. The molecule has 1 aromatic carbocycles. The second-order valence-electron chi connectivity index (χ2n) is 5.17. The monoisotopic (exact) mass is 280 g/mol. The number of hydrogen-bond acceptors (Lipinski definition) is 3. The Kier molecular flexibility index (Phi) is 5.09. The van der Waals surface area contributed by atoms with Crippen molar-refractivity contribution in [2.45, 2.75) is 32.4 Å². The minimum atomic E-state index is -0.540. The van der Waals surface area contributed by atoms with Crippen LogP contribution in [-0.4, -0.2) is 25.2 Å². The Labute approximate surface area is 118 Å². The fraction of sp³-hybridized carbons (Fsp3) is 0.533. The fourth-order valence-electron chi connectivity index (χ4n) is 2.63. The van der Waals surface area contributed by atoms with Crippen molar-refractivity contribution in [3.05, 3.63) is 35.1 Å².